The number of halogens is 3. The molecule has 1 fully saturated rings. The number of nitrogens with one attached hydrogen (secondary N) is 1. The molecule has 0 aliphatic heterocycles. The molecular formula is C9H12F3NO3. The predicted octanol–water partition coefficient (Wildman–Crippen LogP) is 1.31. The number of carbonyl (C=O) groups excluding carboxylic acids is 1. The van der Waals surface area contributed by atoms with E-state index in [-0.39, 0.29) is 12.3 Å². The van der Waals surface area contributed by atoms with Gasteiger partial charge in [-0.05, 0) is 25.7 Å². The lowest BCUT2D eigenvalue weighted by molar-refractivity contribution is -0.207. The summed E-state index contributed by atoms with van der Waals surface area (Å²) in [5.74, 6) is -2.87. The first kappa shape index (κ1) is 12.8. The summed E-state index contributed by atoms with van der Waals surface area (Å²) in [6, 6.07) is 0. The molecule has 0 spiro atoms. The van der Waals surface area contributed by atoms with Crippen LogP contribution in [0.3, 0.4) is 0 Å². The summed E-state index contributed by atoms with van der Waals surface area (Å²) in [7, 11) is 0. The van der Waals surface area contributed by atoms with Gasteiger partial charge in [0.05, 0.1) is 0 Å². The third kappa shape index (κ3) is 2.65. The number of rotatable bonds is 4. The van der Waals surface area contributed by atoms with Gasteiger partial charge in [-0.1, -0.05) is 0 Å². The zero-order valence-electron chi connectivity index (χ0n) is 8.60. The van der Waals surface area contributed by atoms with Crippen LogP contribution >= 0.6 is 0 Å². The molecule has 1 unspecified atom stereocenters. The number of aliphatic carboxylic acids is 1. The molecule has 7 heteroatoms. The van der Waals surface area contributed by atoms with Crippen molar-refractivity contribution in [1.82, 2.24) is 5.32 Å². The maximum Gasteiger partial charge on any atom is 0.422 e. The van der Waals surface area contributed by atoms with Crippen LogP contribution in [0.2, 0.25) is 0 Å². The fourth-order valence-electron chi connectivity index (χ4n) is 1.16. The highest BCUT2D eigenvalue weighted by Gasteiger charge is 2.58. The molecule has 0 aromatic carbocycles. The maximum absolute atomic E-state index is 12.5. The Kier molecular flexibility index (Phi) is 3.16. The summed E-state index contributed by atoms with van der Waals surface area (Å²) < 4.78 is 37.4. The van der Waals surface area contributed by atoms with Crippen LogP contribution in [0.4, 0.5) is 13.2 Å². The van der Waals surface area contributed by atoms with Crippen molar-refractivity contribution in [2.75, 3.05) is 0 Å². The van der Waals surface area contributed by atoms with Crippen LogP contribution in [-0.4, -0.2) is 28.7 Å². The van der Waals surface area contributed by atoms with E-state index in [1.165, 1.54) is 0 Å². The summed E-state index contributed by atoms with van der Waals surface area (Å²) in [5, 5.41) is 10.1. The largest absolute Gasteiger partial charge is 0.479 e. The molecule has 92 valence electrons. The number of carboxylic acid groups (broad SMARTS) is 1. The molecule has 0 aromatic rings. The van der Waals surface area contributed by atoms with Crippen LogP contribution in [0.25, 0.3) is 0 Å². The van der Waals surface area contributed by atoms with E-state index in [1.807, 2.05) is 0 Å². The molecule has 1 rings (SSSR count). The van der Waals surface area contributed by atoms with Gasteiger partial charge in [0, 0.05) is 6.42 Å². The van der Waals surface area contributed by atoms with Gasteiger partial charge in [0.25, 0.3) is 0 Å². The number of carboxylic acids is 1. The minimum atomic E-state index is -5.02. The van der Waals surface area contributed by atoms with Gasteiger partial charge in [0.1, 0.15) is 0 Å². The quantitative estimate of drug-likeness (QED) is 0.777. The van der Waals surface area contributed by atoms with Crippen molar-refractivity contribution >= 4 is 11.9 Å². The fraction of sp³-hybridized carbons (Fsp3) is 0.778. The van der Waals surface area contributed by atoms with Gasteiger partial charge in [-0.15, -0.1) is 0 Å². The number of alkyl halides is 3. The molecule has 4 nitrogen and oxygen atoms in total. The van der Waals surface area contributed by atoms with Crippen LogP contribution in [0.1, 0.15) is 26.2 Å². The number of amides is 1. The Labute approximate surface area is 89.8 Å². The van der Waals surface area contributed by atoms with Gasteiger partial charge in [0.15, 0.2) is 0 Å². The Bertz CT molecular complexity index is 312. The summed E-state index contributed by atoms with van der Waals surface area (Å²) >= 11 is 0. The SMILES string of the molecule is CC(NC(=O)CC1CC1)(C(=O)O)C(F)(F)F. The lowest BCUT2D eigenvalue weighted by atomic mass is 10.0. The van der Waals surface area contributed by atoms with Crippen molar-refractivity contribution in [3.8, 4) is 0 Å². The molecule has 0 radical (unpaired) electrons. The van der Waals surface area contributed by atoms with Crippen molar-refractivity contribution in [3.05, 3.63) is 0 Å². The summed E-state index contributed by atoms with van der Waals surface area (Å²) in [4.78, 5) is 21.8. The van der Waals surface area contributed by atoms with Crippen LogP contribution in [0.15, 0.2) is 0 Å². The van der Waals surface area contributed by atoms with Crippen LogP contribution in [0.5, 0.6) is 0 Å². The topological polar surface area (TPSA) is 66.4 Å². The zero-order valence-corrected chi connectivity index (χ0v) is 8.60. The van der Waals surface area contributed by atoms with Crippen LogP contribution in [0, 0.1) is 5.92 Å². The maximum atomic E-state index is 12.5. The highest BCUT2D eigenvalue weighted by Crippen LogP contribution is 2.34. The number of carbonyl (C=O) groups is 2. The second-order valence-electron chi connectivity index (χ2n) is 4.12. The molecule has 1 saturated carbocycles. The second kappa shape index (κ2) is 3.95. The summed E-state index contributed by atoms with van der Waals surface area (Å²) in [6.07, 6.45) is -3.44. The average Bonchev–Trinajstić information content (AvgIpc) is 2.85. The lowest BCUT2D eigenvalue weighted by Gasteiger charge is -2.28. The summed E-state index contributed by atoms with van der Waals surface area (Å²) in [6.45, 7) is 0.445. The first-order valence-corrected chi connectivity index (χ1v) is 4.78. The lowest BCUT2D eigenvalue weighted by Crippen LogP contribution is -2.61. The monoisotopic (exact) mass is 239 g/mol. The van der Waals surface area contributed by atoms with E-state index in [0.29, 0.717) is 6.92 Å². The standard InChI is InChI=1S/C9H12F3NO3/c1-8(7(15)16,9(10,11)12)13-6(14)4-5-2-3-5/h5H,2-4H2,1H3,(H,13,14)(H,15,16). The van der Waals surface area contributed by atoms with E-state index in [4.69, 9.17) is 5.11 Å². The molecule has 0 bridgehead atoms. The molecule has 1 aliphatic carbocycles. The summed E-state index contributed by atoms with van der Waals surface area (Å²) in [5.41, 5.74) is -3.21. The molecule has 1 atom stereocenters. The Morgan fingerprint density at radius 2 is 1.88 bits per heavy atom. The highest BCUT2D eigenvalue weighted by molar-refractivity contribution is 5.87. The van der Waals surface area contributed by atoms with Gasteiger partial charge in [-0.2, -0.15) is 13.2 Å². The van der Waals surface area contributed by atoms with Gasteiger partial charge in [-0.3, -0.25) is 4.79 Å². The van der Waals surface area contributed by atoms with E-state index in [1.54, 1.807) is 5.32 Å². The van der Waals surface area contributed by atoms with Gasteiger partial charge in [0.2, 0.25) is 11.4 Å². The fourth-order valence-corrected chi connectivity index (χ4v) is 1.16. The van der Waals surface area contributed by atoms with Gasteiger partial charge in [-0.25, -0.2) is 4.79 Å². The van der Waals surface area contributed by atoms with Crippen molar-refractivity contribution < 1.29 is 27.9 Å². The van der Waals surface area contributed by atoms with Crippen LogP contribution in [-0.2, 0) is 9.59 Å². The van der Waals surface area contributed by atoms with E-state index in [9.17, 15) is 22.8 Å². The van der Waals surface area contributed by atoms with Gasteiger partial charge < -0.3 is 10.4 Å². The number of hydrogen-bond acceptors (Lipinski definition) is 2. The molecule has 0 heterocycles. The molecule has 16 heavy (non-hydrogen) atoms. The first-order chi connectivity index (χ1) is 7.17. The molecule has 2 N–H and O–H groups in total. The minimum Gasteiger partial charge on any atom is -0.479 e. The van der Waals surface area contributed by atoms with Crippen molar-refractivity contribution in [1.29, 1.82) is 0 Å². The van der Waals surface area contributed by atoms with E-state index in [2.05, 4.69) is 0 Å². The van der Waals surface area contributed by atoms with Crippen molar-refractivity contribution in [2.45, 2.75) is 37.9 Å². The molecular weight excluding hydrogens is 227 g/mol. The third-order valence-corrected chi connectivity index (χ3v) is 2.56. The van der Waals surface area contributed by atoms with E-state index in [0.717, 1.165) is 12.8 Å². The Balaban J connectivity index is 2.70. The third-order valence-electron chi connectivity index (χ3n) is 2.56. The highest BCUT2D eigenvalue weighted by atomic mass is 19.4. The average molecular weight is 239 g/mol. The van der Waals surface area contributed by atoms with Crippen molar-refractivity contribution in [2.24, 2.45) is 5.92 Å². The van der Waals surface area contributed by atoms with E-state index >= 15 is 0 Å². The Morgan fingerprint density at radius 1 is 1.38 bits per heavy atom. The number of hydrogen-bond donors (Lipinski definition) is 2. The van der Waals surface area contributed by atoms with Gasteiger partial charge >= 0.3 is 12.1 Å². The second-order valence-corrected chi connectivity index (χ2v) is 4.12. The molecule has 1 aliphatic rings. The first-order valence-electron chi connectivity index (χ1n) is 4.78. The van der Waals surface area contributed by atoms with Crippen LogP contribution < -0.4 is 5.32 Å². The van der Waals surface area contributed by atoms with E-state index < -0.39 is 23.6 Å². The predicted molar refractivity (Wildman–Crippen MR) is 47.6 cm³/mol. The smallest absolute Gasteiger partial charge is 0.422 e. The zero-order chi connectivity index (χ0) is 12.6. The Hall–Kier alpha value is -1.27. The molecule has 1 amide bonds. The Morgan fingerprint density at radius 3 is 2.19 bits per heavy atom. The minimum absolute atomic E-state index is 0.0427. The normalized spacial score (nSPS) is 20.0. The molecule has 0 aromatic heterocycles. The molecule has 0 saturated heterocycles. The van der Waals surface area contributed by atoms with Crippen molar-refractivity contribution in [3.63, 3.8) is 0 Å².